The van der Waals surface area contributed by atoms with Gasteiger partial charge in [0.25, 0.3) is 0 Å². The van der Waals surface area contributed by atoms with Gasteiger partial charge in [0.1, 0.15) is 0 Å². The Balaban J connectivity index is 1.73. The smallest absolute Gasteiger partial charge is 0.246 e. The predicted octanol–water partition coefficient (Wildman–Crippen LogP) is 4.51. The number of carbonyl (C=O) groups is 1. The number of sulfone groups is 1. The van der Waals surface area contributed by atoms with E-state index in [1.165, 1.54) is 0 Å². The highest BCUT2D eigenvalue weighted by molar-refractivity contribution is 7.91. The van der Waals surface area contributed by atoms with Crippen molar-refractivity contribution in [2.75, 3.05) is 18.1 Å². The number of hydrogen-bond acceptors (Lipinski definition) is 4. The molecule has 1 aromatic carbocycles. The molecule has 1 aliphatic rings. The standard InChI is InChI=1S/C20H22ClNO3S2/c1-2-12-22(15-11-13-27(24,25)14-15)20(23)10-8-16-7-9-19(26-16)17-5-3-4-6-18(17)21/h3-10,15H,2,11-14H2,1H3/b10-8+. The summed E-state index contributed by atoms with van der Waals surface area (Å²) in [7, 11) is -3.02. The van der Waals surface area contributed by atoms with Gasteiger partial charge in [0.2, 0.25) is 5.91 Å². The second-order valence-electron chi connectivity index (χ2n) is 6.60. The molecule has 1 amide bonds. The van der Waals surface area contributed by atoms with Crippen LogP contribution in [0, 0.1) is 0 Å². The van der Waals surface area contributed by atoms with Crippen molar-refractivity contribution in [3.05, 3.63) is 52.4 Å². The van der Waals surface area contributed by atoms with Gasteiger partial charge in [-0.15, -0.1) is 11.3 Å². The summed E-state index contributed by atoms with van der Waals surface area (Å²) in [4.78, 5) is 16.4. The van der Waals surface area contributed by atoms with Crippen molar-refractivity contribution in [2.24, 2.45) is 0 Å². The molecule has 144 valence electrons. The van der Waals surface area contributed by atoms with Gasteiger partial charge < -0.3 is 4.90 Å². The van der Waals surface area contributed by atoms with Crippen LogP contribution in [0.2, 0.25) is 5.02 Å². The van der Waals surface area contributed by atoms with E-state index in [1.807, 2.05) is 43.3 Å². The second kappa shape index (κ2) is 8.59. The van der Waals surface area contributed by atoms with Gasteiger partial charge >= 0.3 is 0 Å². The van der Waals surface area contributed by atoms with E-state index in [2.05, 4.69) is 0 Å². The zero-order valence-electron chi connectivity index (χ0n) is 15.1. The maximum absolute atomic E-state index is 12.7. The zero-order valence-corrected chi connectivity index (χ0v) is 17.5. The first-order valence-corrected chi connectivity index (χ1v) is 11.9. The summed E-state index contributed by atoms with van der Waals surface area (Å²) in [6, 6.07) is 11.4. The van der Waals surface area contributed by atoms with Crippen molar-refractivity contribution in [3.63, 3.8) is 0 Å². The molecule has 0 N–H and O–H groups in total. The molecule has 0 aliphatic carbocycles. The molecule has 0 saturated carbocycles. The van der Waals surface area contributed by atoms with Gasteiger partial charge in [-0.05, 0) is 37.1 Å². The number of nitrogens with zero attached hydrogens (tertiary/aromatic N) is 1. The quantitative estimate of drug-likeness (QED) is 0.642. The average Bonchev–Trinajstić information content (AvgIpc) is 3.24. The minimum atomic E-state index is -3.02. The lowest BCUT2D eigenvalue weighted by Gasteiger charge is -2.26. The summed E-state index contributed by atoms with van der Waals surface area (Å²) < 4.78 is 23.5. The van der Waals surface area contributed by atoms with E-state index in [0.717, 1.165) is 21.7 Å². The number of rotatable bonds is 6. The fraction of sp³-hybridized carbons (Fsp3) is 0.350. The van der Waals surface area contributed by atoms with Crippen LogP contribution < -0.4 is 0 Å². The highest BCUT2D eigenvalue weighted by Gasteiger charge is 2.33. The summed E-state index contributed by atoms with van der Waals surface area (Å²) in [5, 5.41) is 0.697. The molecule has 1 aliphatic heterocycles. The third kappa shape index (κ3) is 5.00. The monoisotopic (exact) mass is 423 g/mol. The topological polar surface area (TPSA) is 54.5 Å². The molecule has 1 aromatic heterocycles. The number of hydrogen-bond donors (Lipinski definition) is 0. The molecular weight excluding hydrogens is 402 g/mol. The van der Waals surface area contributed by atoms with Gasteiger partial charge in [-0.3, -0.25) is 4.79 Å². The first kappa shape index (κ1) is 20.1. The Morgan fingerprint density at radius 1 is 1.30 bits per heavy atom. The zero-order chi connectivity index (χ0) is 19.4. The Morgan fingerprint density at radius 3 is 2.74 bits per heavy atom. The van der Waals surface area contributed by atoms with Crippen LogP contribution in [0.1, 0.15) is 24.6 Å². The van der Waals surface area contributed by atoms with Gasteiger partial charge in [0.05, 0.1) is 11.5 Å². The molecule has 0 bridgehead atoms. The lowest BCUT2D eigenvalue weighted by molar-refractivity contribution is -0.127. The van der Waals surface area contributed by atoms with E-state index < -0.39 is 9.84 Å². The Morgan fingerprint density at radius 2 is 2.07 bits per heavy atom. The average molecular weight is 424 g/mol. The van der Waals surface area contributed by atoms with Crippen LogP contribution in [-0.4, -0.2) is 43.3 Å². The largest absolute Gasteiger partial charge is 0.335 e. The minimum absolute atomic E-state index is 0.0717. The van der Waals surface area contributed by atoms with E-state index >= 15 is 0 Å². The molecule has 0 spiro atoms. The van der Waals surface area contributed by atoms with Crippen LogP contribution in [0.15, 0.2) is 42.5 Å². The van der Waals surface area contributed by atoms with Crippen molar-refractivity contribution in [2.45, 2.75) is 25.8 Å². The number of halogens is 1. The Bertz CT molecular complexity index is 950. The molecule has 4 nitrogen and oxygen atoms in total. The fourth-order valence-corrected chi connectivity index (χ4v) is 6.21. The highest BCUT2D eigenvalue weighted by atomic mass is 35.5. The number of carbonyl (C=O) groups excluding carboxylic acids is 1. The lowest BCUT2D eigenvalue weighted by atomic mass is 10.2. The van der Waals surface area contributed by atoms with Crippen LogP contribution in [0.25, 0.3) is 16.5 Å². The number of thiophene rings is 1. The molecule has 27 heavy (non-hydrogen) atoms. The summed E-state index contributed by atoms with van der Waals surface area (Å²) >= 11 is 7.81. The number of amides is 1. The van der Waals surface area contributed by atoms with E-state index in [-0.39, 0.29) is 23.5 Å². The molecule has 7 heteroatoms. The molecule has 1 unspecified atom stereocenters. The van der Waals surface area contributed by atoms with E-state index in [0.29, 0.717) is 18.0 Å². The minimum Gasteiger partial charge on any atom is -0.335 e. The SMILES string of the molecule is CCCN(C(=O)/C=C/c1ccc(-c2ccccc2Cl)s1)C1CCS(=O)(=O)C1. The Labute approximate surface area is 169 Å². The van der Waals surface area contributed by atoms with E-state index in [9.17, 15) is 13.2 Å². The molecule has 2 aromatic rings. The summed E-state index contributed by atoms with van der Waals surface area (Å²) in [6.07, 6.45) is 4.66. The third-order valence-electron chi connectivity index (χ3n) is 4.55. The van der Waals surface area contributed by atoms with Crippen LogP contribution >= 0.6 is 22.9 Å². The molecular formula is C20H22ClNO3S2. The van der Waals surface area contributed by atoms with E-state index in [4.69, 9.17) is 11.6 Å². The third-order valence-corrected chi connectivity index (χ3v) is 7.72. The van der Waals surface area contributed by atoms with Crippen LogP contribution in [-0.2, 0) is 14.6 Å². The maximum atomic E-state index is 12.7. The van der Waals surface area contributed by atoms with Crippen LogP contribution in [0.5, 0.6) is 0 Å². The Hall–Kier alpha value is -1.63. The summed E-state index contributed by atoms with van der Waals surface area (Å²) in [6.45, 7) is 2.56. The Kier molecular flexibility index (Phi) is 6.40. The molecule has 1 saturated heterocycles. The van der Waals surface area contributed by atoms with Gasteiger partial charge in [0.15, 0.2) is 9.84 Å². The van der Waals surface area contributed by atoms with E-state index in [1.54, 1.807) is 28.4 Å². The van der Waals surface area contributed by atoms with Gasteiger partial charge in [-0.25, -0.2) is 8.42 Å². The van der Waals surface area contributed by atoms with Crippen molar-refractivity contribution < 1.29 is 13.2 Å². The highest BCUT2D eigenvalue weighted by Crippen LogP contribution is 2.33. The number of benzene rings is 1. The molecule has 0 radical (unpaired) electrons. The first-order valence-electron chi connectivity index (χ1n) is 8.93. The predicted molar refractivity (Wildman–Crippen MR) is 113 cm³/mol. The second-order valence-corrected chi connectivity index (χ2v) is 10.4. The van der Waals surface area contributed by atoms with Crippen molar-refractivity contribution >= 4 is 44.8 Å². The summed E-state index contributed by atoms with van der Waals surface area (Å²) in [5.74, 6) is 0.107. The van der Waals surface area contributed by atoms with Crippen LogP contribution in [0.3, 0.4) is 0 Å². The lowest BCUT2D eigenvalue weighted by Crippen LogP contribution is -2.40. The van der Waals surface area contributed by atoms with Crippen molar-refractivity contribution in [1.82, 2.24) is 4.90 Å². The van der Waals surface area contributed by atoms with Crippen LogP contribution in [0.4, 0.5) is 0 Å². The molecule has 3 rings (SSSR count). The normalized spacial score (nSPS) is 18.8. The van der Waals surface area contributed by atoms with Crippen molar-refractivity contribution in [3.8, 4) is 10.4 Å². The first-order chi connectivity index (χ1) is 12.9. The summed E-state index contributed by atoms with van der Waals surface area (Å²) in [5.41, 5.74) is 0.971. The van der Waals surface area contributed by atoms with Gasteiger partial charge in [-0.1, -0.05) is 36.7 Å². The van der Waals surface area contributed by atoms with Gasteiger partial charge in [-0.2, -0.15) is 0 Å². The molecule has 1 atom stereocenters. The molecule has 2 heterocycles. The molecule has 1 fully saturated rings. The fourth-order valence-electron chi connectivity index (χ4n) is 3.23. The maximum Gasteiger partial charge on any atom is 0.246 e. The van der Waals surface area contributed by atoms with Gasteiger partial charge in [0, 0.05) is 39.0 Å². The van der Waals surface area contributed by atoms with Crippen molar-refractivity contribution in [1.29, 1.82) is 0 Å².